The second-order valence-corrected chi connectivity index (χ2v) is 4.35. The van der Waals surface area contributed by atoms with E-state index in [9.17, 15) is 4.39 Å². The summed E-state index contributed by atoms with van der Waals surface area (Å²) in [5.41, 5.74) is 0.520. The number of hydrogen-bond acceptors (Lipinski definition) is 0. The minimum atomic E-state index is -0.251. The van der Waals surface area contributed by atoms with Crippen molar-refractivity contribution in [2.45, 2.75) is 5.88 Å². The van der Waals surface area contributed by atoms with E-state index < -0.39 is 0 Å². The van der Waals surface area contributed by atoms with Crippen molar-refractivity contribution in [3.8, 4) is 0 Å². The fourth-order valence-corrected chi connectivity index (χ4v) is 2.72. The highest BCUT2D eigenvalue weighted by atomic mass is 127. The molecule has 0 radical (unpaired) electrons. The smallest absolute Gasteiger partial charge is 0.129 e. The Labute approximate surface area is 91.4 Å². The molecule has 0 aliphatic carbocycles. The zero-order valence-electron chi connectivity index (χ0n) is 5.37. The summed E-state index contributed by atoms with van der Waals surface area (Å²) in [7, 11) is 0. The summed E-state index contributed by atoms with van der Waals surface area (Å²) >= 11 is 10.8. The van der Waals surface area contributed by atoms with Crippen LogP contribution in [0, 0.1) is 9.39 Å². The maximum Gasteiger partial charge on any atom is 0.129 e. The van der Waals surface area contributed by atoms with Crippen molar-refractivity contribution >= 4 is 50.1 Å². The molecule has 0 aromatic heterocycles. The highest BCUT2D eigenvalue weighted by Gasteiger charge is 2.06. The maximum atomic E-state index is 13.0. The lowest BCUT2D eigenvalue weighted by atomic mass is 10.2. The summed E-state index contributed by atoms with van der Waals surface area (Å²) in [6.45, 7) is 0. The molecule has 11 heavy (non-hydrogen) atoms. The van der Waals surface area contributed by atoms with E-state index in [1.165, 1.54) is 6.07 Å². The van der Waals surface area contributed by atoms with E-state index in [1.54, 1.807) is 0 Å². The molecule has 0 aliphatic rings. The number of rotatable bonds is 1. The van der Waals surface area contributed by atoms with Gasteiger partial charge >= 0.3 is 0 Å². The van der Waals surface area contributed by atoms with E-state index in [4.69, 9.17) is 11.6 Å². The fraction of sp³-hybridized carbons (Fsp3) is 0.143. The molecule has 0 fully saturated rings. The molecular formula is C7H4BrClFI. The molecule has 1 aromatic carbocycles. The van der Waals surface area contributed by atoms with Gasteiger partial charge in [0.15, 0.2) is 0 Å². The zero-order valence-corrected chi connectivity index (χ0v) is 9.87. The normalized spacial score (nSPS) is 10.2. The number of hydrogen-bond donors (Lipinski definition) is 0. The monoisotopic (exact) mass is 348 g/mol. The van der Waals surface area contributed by atoms with Crippen LogP contribution in [0.15, 0.2) is 16.6 Å². The molecule has 0 aliphatic heterocycles. The van der Waals surface area contributed by atoms with Crippen LogP contribution < -0.4 is 0 Å². The van der Waals surface area contributed by atoms with Crippen LogP contribution >= 0.6 is 50.1 Å². The van der Waals surface area contributed by atoms with Gasteiger partial charge in [0.25, 0.3) is 0 Å². The van der Waals surface area contributed by atoms with E-state index in [1.807, 2.05) is 6.07 Å². The minimum absolute atomic E-state index is 0.198. The third-order valence-corrected chi connectivity index (χ3v) is 2.84. The van der Waals surface area contributed by atoms with Crippen molar-refractivity contribution in [2.75, 3.05) is 0 Å². The largest absolute Gasteiger partial charge is 0.207 e. The van der Waals surface area contributed by atoms with Crippen molar-refractivity contribution in [2.24, 2.45) is 0 Å². The molecule has 4 heteroatoms. The topological polar surface area (TPSA) is 0 Å². The van der Waals surface area contributed by atoms with Gasteiger partial charge in [-0.05, 0) is 34.7 Å². The van der Waals surface area contributed by atoms with Gasteiger partial charge in [0.2, 0.25) is 0 Å². The molecule has 0 atom stereocenters. The SMILES string of the molecule is Fc1cc(I)cc(Br)c1CCl. The van der Waals surface area contributed by atoms with E-state index in [-0.39, 0.29) is 11.7 Å². The lowest BCUT2D eigenvalue weighted by molar-refractivity contribution is 0.614. The molecule has 0 amide bonds. The van der Waals surface area contributed by atoms with Gasteiger partial charge in [-0.15, -0.1) is 11.6 Å². The van der Waals surface area contributed by atoms with Gasteiger partial charge in [-0.25, -0.2) is 4.39 Å². The first kappa shape index (κ1) is 9.74. The number of halogens is 4. The standard InChI is InChI=1S/C7H4BrClFI/c8-6-1-4(11)2-7(10)5(6)3-9/h1-2H,3H2. The molecule has 0 heterocycles. The van der Waals surface area contributed by atoms with Crippen LogP contribution in [0.1, 0.15) is 5.56 Å². The molecule has 0 spiro atoms. The summed E-state index contributed by atoms with van der Waals surface area (Å²) in [5.74, 6) is -0.0534. The first-order chi connectivity index (χ1) is 5.15. The minimum Gasteiger partial charge on any atom is -0.207 e. The molecule has 60 valence electrons. The van der Waals surface area contributed by atoms with Gasteiger partial charge in [-0.3, -0.25) is 0 Å². The Kier molecular flexibility index (Phi) is 3.58. The average Bonchev–Trinajstić information content (AvgIpc) is 1.85. The van der Waals surface area contributed by atoms with Crippen LogP contribution in [0.3, 0.4) is 0 Å². The molecule has 1 aromatic rings. The molecule has 0 N–H and O–H groups in total. The lowest BCUT2D eigenvalue weighted by Crippen LogP contribution is -1.88. The number of alkyl halides is 1. The fourth-order valence-electron chi connectivity index (χ4n) is 0.700. The molecular weight excluding hydrogens is 345 g/mol. The van der Waals surface area contributed by atoms with Gasteiger partial charge in [0.05, 0.1) is 5.88 Å². The van der Waals surface area contributed by atoms with Crippen LogP contribution in [0.25, 0.3) is 0 Å². The van der Waals surface area contributed by atoms with E-state index in [0.29, 0.717) is 5.56 Å². The Morgan fingerprint density at radius 1 is 1.55 bits per heavy atom. The highest BCUT2D eigenvalue weighted by molar-refractivity contribution is 14.1. The van der Waals surface area contributed by atoms with E-state index in [2.05, 4.69) is 38.5 Å². The predicted molar refractivity (Wildman–Crippen MR) is 56.4 cm³/mol. The second kappa shape index (κ2) is 4.05. The summed E-state index contributed by atoms with van der Waals surface area (Å²) in [5, 5.41) is 0. The van der Waals surface area contributed by atoms with Crippen LogP contribution in [0.4, 0.5) is 4.39 Å². The summed E-state index contributed by atoms with van der Waals surface area (Å²) < 4.78 is 14.6. The van der Waals surface area contributed by atoms with Gasteiger partial charge < -0.3 is 0 Å². The summed E-state index contributed by atoms with van der Waals surface area (Å²) in [6, 6.07) is 3.30. The van der Waals surface area contributed by atoms with Gasteiger partial charge in [0.1, 0.15) is 5.82 Å². The van der Waals surface area contributed by atoms with Crippen LogP contribution in [0.2, 0.25) is 0 Å². The highest BCUT2D eigenvalue weighted by Crippen LogP contribution is 2.24. The van der Waals surface area contributed by atoms with Gasteiger partial charge in [-0.1, -0.05) is 15.9 Å². The lowest BCUT2D eigenvalue weighted by Gasteiger charge is -2.01. The Hall–Kier alpha value is 0.650. The maximum absolute atomic E-state index is 13.0. The van der Waals surface area contributed by atoms with Crippen molar-refractivity contribution in [1.29, 1.82) is 0 Å². The molecule has 1 rings (SSSR count). The molecule has 0 bridgehead atoms. The van der Waals surface area contributed by atoms with Crippen LogP contribution in [-0.4, -0.2) is 0 Å². The predicted octanol–water partition coefficient (Wildman–Crippen LogP) is 3.93. The third kappa shape index (κ3) is 2.29. The van der Waals surface area contributed by atoms with Crippen molar-refractivity contribution in [3.63, 3.8) is 0 Å². The van der Waals surface area contributed by atoms with Crippen molar-refractivity contribution in [1.82, 2.24) is 0 Å². The molecule has 0 unspecified atom stereocenters. The first-order valence-corrected chi connectivity index (χ1v) is 5.25. The Balaban J connectivity index is 3.25. The molecule has 0 saturated carbocycles. The molecule has 0 nitrogen and oxygen atoms in total. The van der Waals surface area contributed by atoms with Gasteiger partial charge in [0, 0.05) is 13.6 Å². The first-order valence-electron chi connectivity index (χ1n) is 2.84. The van der Waals surface area contributed by atoms with Crippen molar-refractivity contribution in [3.05, 3.63) is 31.6 Å². The number of benzene rings is 1. The summed E-state index contributed by atoms with van der Waals surface area (Å²) in [6.07, 6.45) is 0. The van der Waals surface area contributed by atoms with E-state index >= 15 is 0 Å². The molecule has 0 saturated heterocycles. The summed E-state index contributed by atoms with van der Waals surface area (Å²) in [4.78, 5) is 0. The average molecular weight is 349 g/mol. The van der Waals surface area contributed by atoms with Crippen LogP contribution in [0.5, 0.6) is 0 Å². The second-order valence-electron chi connectivity index (χ2n) is 1.98. The quantitative estimate of drug-likeness (QED) is 0.532. The van der Waals surface area contributed by atoms with Crippen LogP contribution in [-0.2, 0) is 5.88 Å². The Morgan fingerprint density at radius 3 is 2.64 bits per heavy atom. The van der Waals surface area contributed by atoms with Gasteiger partial charge in [-0.2, -0.15) is 0 Å². The Bertz CT molecular complexity index is 254. The third-order valence-electron chi connectivity index (χ3n) is 1.24. The van der Waals surface area contributed by atoms with E-state index in [0.717, 1.165) is 8.04 Å². The van der Waals surface area contributed by atoms with Crippen molar-refractivity contribution < 1.29 is 4.39 Å². The Morgan fingerprint density at radius 2 is 2.18 bits per heavy atom. The zero-order chi connectivity index (χ0) is 8.43.